The second-order valence-corrected chi connectivity index (χ2v) is 5.26. The molecule has 0 saturated carbocycles. The van der Waals surface area contributed by atoms with Crippen molar-refractivity contribution in [1.82, 2.24) is 5.32 Å². The normalized spacial score (nSPS) is 10.1. The minimum absolute atomic E-state index is 0.00133. The van der Waals surface area contributed by atoms with Gasteiger partial charge in [-0.1, -0.05) is 23.7 Å². The number of carbonyl (C=O) groups excluding carboxylic acids is 2. The quantitative estimate of drug-likeness (QED) is 0.509. The summed E-state index contributed by atoms with van der Waals surface area (Å²) in [5.41, 5.74) is 0.378. The first kappa shape index (κ1) is 17.4. The van der Waals surface area contributed by atoms with Gasteiger partial charge in [-0.25, -0.2) is 4.79 Å². The van der Waals surface area contributed by atoms with E-state index < -0.39 is 16.8 Å². The number of esters is 1. The molecule has 2 aromatic carbocycles. The number of nitro benzene ring substituents is 1. The number of hydrogen-bond acceptors (Lipinski definition) is 5. The highest BCUT2D eigenvalue weighted by Gasteiger charge is 2.18. The molecule has 7 nitrogen and oxygen atoms in total. The molecule has 0 aliphatic carbocycles. The molecular weight excluding hydrogens is 336 g/mol. The maximum atomic E-state index is 12.2. The highest BCUT2D eigenvalue weighted by Crippen LogP contribution is 2.18. The number of rotatable bonds is 5. The number of carbonyl (C=O) groups is 2. The number of benzene rings is 2. The SMILES string of the molecule is COC(=O)c1cc(C(=O)NCc2ccc(Cl)cc2)cc([N+](=O)[O-])c1. The van der Waals surface area contributed by atoms with E-state index in [-0.39, 0.29) is 23.4 Å². The van der Waals surface area contributed by atoms with Gasteiger partial charge >= 0.3 is 5.97 Å². The van der Waals surface area contributed by atoms with Gasteiger partial charge in [0.2, 0.25) is 0 Å². The van der Waals surface area contributed by atoms with Crippen molar-refractivity contribution in [3.63, 3.8) is 0 Å². The van der Waals surface area contributed by atoms with Crippen molar-refractivity contribution in [3.05, 3.63) is 74.3 Å². The van der Waals surface area contributed by atoms with Gasteiger partial charge in [-0.2, -0.15) is 0 Å². The summed E-state index contributed by atoms with van der Waals surface area (Å²) in [7, 11) is 1.15. The third-order valence-electron chi connectivity index (χ3n) is 3.18. The zero-order valence-corrected chi connectivity index (χ0v) is 13.4. The van der Waals surface area contributed by atoms with E-state index in [1.807, 2.05) is 0 Å². The third-order valence-corrected chi connectivity index (χ3v) is 3.43. The minimum atomic E-state index is -0.759. The fourth-order valence-electron chi connectivity index (χ4n) is 1.97. The van der Waals surface area contributed by atoms with Crippen LogP contribution in [0.1, 0.15) is 26.3 Å². The third kappa shape index (κ3) is 4.30. The molecule has 1 N–H and O–H groups in total. The number of nitro groups is 1. The first-order valence-electron chi connectivity index (χ1n) is 6.81. The molecular formula is C16H13ClN2O5. The number of non-ortho nitro benzene ring substituents is 1. The second kappa shape index (κ2) is 7.56. The van der Waals surface area contributed by atoms with Gasteiger partial charge in [0.25, 0.3) is 11.6 Å². The molecule has 0 aromatic heterocycles. The highest BCUT2D eigenvalue weighted by atomic mass is 35.5. The number of nitrogens with zero attached hydrogens (tertiary/aromatic N) is 1. The average Bonchev–Trinajstić information content (AvgIpc) is 2.59. The smallest absolute Gasteiger partial charge is 0.338 e. The molecule has 2 rings (SSSR count). The molecule has 0 aliphatic rings. The Labute approximate surface area is 142 Å². The van der Waals surface area contributed by atoms with Gasteiger partial charge in [-0.3, -0.25) is 14.9 Å². The Morgan fingerprint density at radius 3 is 2.38 bits per heavy atom. The van der Waals surface area contributed by atoms with E-state index in [1.54, 1.807) is 24.3 Å². The van der Waals surface area contributed by atoms with E-state index in [0.717, 1.165) is 24.8 Å². The van der Waals surface area contributed by atoms with Crippen LogP contribution in [0.25, 0.3) is 0 Å². The van der Waals surface area contributed by atoms with E-state index in [2.05, 4.69) is 10.1 Å². The molecule has 0 bridgehead atoms. The molecule has 0 radical (unpaired) electrons. The lowest BCUT2D eigenvalue weighted by atomic mass is 10.1. The van der Waals surface area contributed by atoms with Gasteiger partial charge in [0.05, 0.1) is 17.6 Å². The Kier molecular flexibility index (Phi) is 5.49. The fraction of sp³-hybridized carbons (Fsp3) is 0.125. The summed E-state index contributed by atoms with van der Waals surface area (Å²) in [6, 6.07) is 10.3. The van der Waals surface area contributed by atoms with Gasteiger partial charge in [0.15, 0.2) is 0 Å². The summed E-state index contributed by atoms with van der Waals surface area (Å²) < 4.78 is 4.54. The van der Waals surface area contributed by atoms with Crippen molar-refractivity contribution >= 4 is 29.2 Å². The van der Waals surface area contributed by atoms with Gasteiger partial charge in [-0.05, 0) is 23.8 Å². The molecule has 0 unspecified atom stereocenters. The maximum absolute atomic E-state index is 12.2. The van der Waals surface area contributed by atoms with E-state index in [9.17, 15) is 19.7 Å². The first-order valence-corrected chi connectivity index (χ1v) is 7.19. The van der Waals surface area contributed by atoms with Crippen LogP contribution < -0.4 is 5.32 Å². The molecule has 0 aliphatic heterocycles. The van der Waals surface area contributed by atoms with Crippen molar-refractivity contribution in [2.24, 2.45) is 0 Å². The van der Waals surface area contributed by atoms with Crippen molar-refractivity contribution in [2.75, 3.05) is 7.11 Å². The van der Waals surface area contributed by atoms with Crippen LogP contribution in [-0.4, -0.2) is 23.9 Å². The van der Waals surface area contributed by atoms with E-state index in [0.29, 0.717) is 5.02 Å². The van der Waals surface area contributed by atoms with Crippen molar-refractivity contribution in [2.45, 2.75) is 6.54 Å². The number of amides is 1. The van der Waals surface area contributed by atoms with Crippen LogP contribution in [-0.2, 0) is 11.3 Å². The van der Waals surface area contributed by atoms with Crippen LogP contribution >= 0.6 is 11.6 Å². The summed E-state index contributed by atoms with van der Waals surface area (Å²) in [4.78, 5) is 34.1. The van der Waals surface area contributed by atoms with Crippen LogP contribution in [0.5, 0.6) is 0 Å². The predicted molar refractivity (Wildman–Crippen MR) is 87.1 cm³/mol. The van der Waals surface area contributed by atoms with E-state index in [1.165, 1.54) is 6.07 Å². The van der Waals surface area contributed by atoms with Crippen LogP contribution in [0.2, 0.25) is 5.02 Å². The average molecular weight is 349 g/mol. The van der Waals surface area contributed by atoms with Gasteiger partial charge in [-0.15, -0.1) is 0 Å². The van der Waals surface area contributed by atoms with E-state index >= 15 is 0 Å². The molecule has 124 valence electrons. The first-order chi connectivity index (χ1) is 11.4. The standard InChI is InChI=1S/C16H13ClN2O5/c1-24-16(21)12-6-11(7-14(8-12)19(22)23)15(20)18-9-10-2-4-13(17)5-3-10/h2-8H,9H2,1H3,(H,18,20). The molecule has 24 heavy (non-hydrogen) atoms. The molecule has 2 aromatic rings. The predicted octanol–water partition coefficient (Wildman–Crippen LogP) is 2.96. The summed E-state index contributed by atoms with van der Waals surface area (Å²) in [6.45, 7) is 0.215. The number of nitrogens with one attached hydrogen (secondary N) is 1. The lowest BCUT2D eigenvalue weighted by Crippen LogP contribution is -2.23. The summed E-state index contributed by atoms with van der Waals surface area (Å²) in [5, 5.41) is 14.2. The minimum Gasteiger partial charge on any atom is -0.465 e. The van der Waals surface area contributed by atoms with Crippen molar-refractivity contribution in [3.8, 4) is 0 Å². The fourth-order valence-corrected chi connectivity index (χ4v) is 2.10. The lowest BCUT2D eigenvalue weighted by Gasteiger charge is -2.07. The summed E-state index contributed by atoms with van der Waals surface area (Å²) in [5.74, 6) is -1.30. The zero-order valence-electron chi connectivity index (χ0n) is 12.6. The van der Waals surface area contributed by atoms with Crippen LogP contribution in [0.15, 0.2) is 42.5 Å². The topological polar surface area (TPSA) is 98.5 Å². The van der Waals surface area contributed by atoms with Crippen molar-refractivity contribution < 1.29 is 19.2 Å². The summed E-state index contributed by atoms with van der Waals surface area (Å²) in [6.07, 6.45) is 0. The van der Waals surface area contributed by atoms with Crippen LogP contribution in [0, 0.1) is 10.1 Å². The van der Waals surface area contributed by atoms with Crippen molar-refractivity contribution in [1.29, 1.82) is 0 Å². The molecule has 0 saturated heterocycles. The van der Waals surface area contributed by atoms with Crippen LogP contribution in [0.4, 0.5) is 5.69 Å². The van der Waals surface area contributed by atoms with E-state index in [4.69, 9.17) is 11.6 Å². The largest absolute Gasteiger partial charge is 0.465 e. The molecule has 8 heteroatoms. The number of halogens is 1. The van der Waals surface area contributed by atoms with Crippen LogP contribution in [0.3, 0.4) is 0 Å². The molecule has 0 fully saturated rings. The Bertz CT molecular complexity index is 790. The number of ether oxygens (including phenoxy) is 1. The van der Waals surface area contributed by atoms with Gasteiger partial charge in [0.1, 0.15) is 0 Å². The Balaban J connectivity index is 2.21. The Morgan fingerprint density at radius 2 is 1.79 bits per heavy atom. The summed E-state index contributed by atoms with van der Waals surface area (Å²) >= 11 is 5.78. The Hall–Kier alpha value is -2.93. The molecule has 0 heterocycles. The second-order valence-electron chi connectivity index (χ2n) is 4.83. The molecule has 0 spiro atoms. The Morgan fingerprint density at radius 1 is 1.17 bits per heavy atom. The highest BCUT2D eigenvalue weighted by molar-refractivity contribution is 6.30. The molecule has 0 atom stereocenters. The molecule has 1 amide bonds. The van der Waals surface area contributed by atoms with Gasteiger partial charge < -0.3 is 10.1 Å². The number of hydrogen-bond donors (Lipinski definition) is 1. The monoisotopic (exact) mass is 348 g/mol. The van der Waals surface area contributed by atoms with Gasteiger partial charge in [0, 0.05) is 29.3 Å². The number of methoxy groups -OCH3 is 1. The maximum Gasteiger partial charge on any atom is 0.338 e. The zero-order chi connectivity index (χ0) is 17.7. The lowest BCUT2D eigenvalue weighted by molar-refractivity contribution is -0.384.